The summed E-state index contributed by atoms with van der Waals surface area (Å²) in [6, 6.07) is 9.33. The van der Waals surface area contributed by atoms with Crippen LogP contribution in [0.15, 0.2) is 42.6 Å². The molecule has 2 heterocycles. The molecule has 1 N–H and O–H groups in total. The van der Waals surface area contributed by atoms with Crippen molar-refractivity contribution in [2.45, 2.75) is 52.2 Å². The lowest BCUT2D eigenvalue weighted by Gasteiger charge is -2.29. The highest BCUT2D eigenvalue weighted by atomic mass is 19.3. The van der Waals surface area contributed by atoms with Crippen molar-refractivity contribution < 1.29 is 32.5 Å². The van der Waals surface area contributed by atoms with E-state index in [1.54, 1.807) is 46.0 Å². The number of hydrogen-bond donors (Lipinski definition) is 1. The summed E-state index contributed by atoms with van der Waals surface area (Å²) < 4.78 is 54.4. The summed E-state index contributed by atoms with van der Waals surface area (Å²) >= 11 is 0. The van der Waals surface area contributed by atoms with E-state index in [2.05, 4.69) is 4.98 Å². The van der Waals surface area contributed by atoms with Gasteiger partial charge in [-0.3, -0.25) is 4.98 Å². The number of carboxylic acid groups (broad SMARTS) is 1. The number of nitrogens with zero attached hydrogens (tertiary/aromatic N) is 1. The lowest BCUT2D eigenvalue weighted by molar-refractivity contribution is -0.160. The highest BCUT2D eigenvalue weighted by Gasteiger charge is 2.33. The molecular formula is C29H26F3NO4. The normalized spacial score (nSPS) is 14.3. The number of aromatic nitrogens is 1. The van der Waals surface area contributed by atoms with Gasteiger partial charge in [0, 0.05) is 34.5 Å². The number of aryl methyl sites for hydroxylation is 1. The van der Waals surface area contributed by atoms with E-state index < -0.39 is 35.5 Å². The number of pyridine rings is 1. The number of hydrogen-bond acceptors (Lipinski definition) is 4. The van der Waals surface area contributed by atoms with E-state index >= 15 is 4.39 Å². The average Bonchev–Trinajstić information content (AvgIpc) is 2.82. The van der Waals surface area contributed by atoms with E-state index in [1.807, 2.05) is 6.07 Å². The third kappa shape index (κ3) is 4.29. The van der Waals surface area contributed by atoms with Crippen molar-refractivity contribution in [2.75, 3.05) is 6.61 Å². The molecule has 8 heteroatoms. The van der Waals surface area contributed by atoms with Crippen LogP contribution in [0.3, 0.4) is 0 Å². The second kappa shape index (κ2) is 9.03. The fourth-order valence-corrected chi connectivity index (χ4v) is 5.09. The van der Waals surface area contributed by atoms with Crippen LogP contribution in [0.5, 0.6) is 5.75 Å². The smallest absolute Gasteiger partial charge is 0.337 e. The Bertz CT molecular complexity index is 1550. The van der Waals surface area contributed by atoms with Crippen LogP contribution in [0.2, 0.25) is 0 Å². The second-order valence-electron chi connectivity index (χ2n) is 10.2. The average molecular weight is 510 g/mol. The predicted octanol–water partition coefficient (Wildman–Crippen LogP) is 7.32. The Kier molecular flexibility index (Phi) is 6.10. The number of aliphatic carboxylic acids is 1. The van der Waals surface area contributed by atoms with Gasteiger partial charge in [0.1, 0.15) is 11.6 Å². The molecule has 4 aromatic rings. The molecule has 0 radical (unpaired) electrons. The molecule has 0 bridgehead atoms. The molecule has 0 saturated heterocycles. The molecule has 1 atom stereocenters. The number of fused-ring (bicyclic) bond motifs is 1. The Morgan fingerprint density at radius 3 is 2.57 bits per heavy atom. The summed E-state index contributed by atoms with van der Waals surface area (Å²) in [6.07, 6.45) is -2.06. The standard InChI is InChI=1S/C29H26F3NO4/c1-14-13-19-16(5-6-18(24(19)30)27(31)32)23(21(14)26(28(34)35)37-29(2,3)4)17-7-8-20-22-15(10-12-36-20)9-11-33-25(17)22/h5-9,11,13,26-27H,10,12H2,1-4H3,(H,34,35). The Morgan fingerprint density at radius 1 is 1.14 bits per heavy atom. The van der Waals surface area contributed by atoms with E-state index in [1.165, 1.54) is 12.1 Å². The number of halogens is 3. The number of ether oxygens (including phenoxy) is 2. The molecule has 5 nitrogen and oxygen atoms in total. The summed E-state index contributed by atoms with van der Waals surface area (Å²) in [7, 11) is 0. The first-order valence-corrected chi connectivity index (χ1v) is 12.0. The Balaban J connectivity index is 1.94. The van der Waals surface area contributed by atoms with Gasteiger partial charge in [0.05, 0.1) is 23.3 Å². The minimum absolute atomic E-state index is 0.0225. The Hall–Kier alpha value is -3.65. The molecule has 192 valence electrons. The van der Waals surface area contributed by atoms with Crippen molar-refractivity contribution in [2.24, 2.45) is 0 Å². The molecule has 1 aromatic heterocycles. The molecular weight excluding hydrogens is 483 g/mol. The highest BCUT2D eigenvalue weighted by molar-refractivity contribution is 6.09. The summed E-state index contributed by atoms with van der Waals surface area (Å²) in [5, 5.41) is 11.3. The third-order valence-electron chi connectivity index (χ3n) is 6.57. The van der Waals surface area contributed by atoms with Crippen molar-refractivity contribution in [3.05, 3.63) is 70.7 Å². The van der Waals surface area contributed by atoms with E-state index in [4.69, 9.17) is 9.47 Å². The molecule has 1 unspecified atom stereocenters. The van der Waals surface area contributed by atoms with Crippen molar-refractivity contribution in [1.82, 2.24) is 4.98 Å². The molecule has 0 aliphatic carbocycles. The van der Waals surface area contributed by atoms with E-state index in [9.17, 15) is 18.7 Å². The van der Waals surface area contributed by atoms with Crippen LogP contribution in [0.4, 0.5) is 13.2 Å². The van der Waals surface area contributed by atoms with Crippen molar-refractivity contribution in [1.29, 1.82) is 0 Å². The van der Waals surface area contributed by atoms with Gasteiger partial charge in [-0.2, -0.15) is 0 Å². The zero-order valence-corrected chi connectivity index (χ0v) is 20.9. The fourth-order valence-electron chi connectivity index (χ4n) is 5.09. The van der Waals surface area contributed by atoms with Gasteiger partial charge in [-0.25, -0.2) is 18.0 Å². The molecule has 0 spiro atoms. The predicted molar refractivity (Wildman–Crippen MR) is 135 cm³/mol. The molecule has 37 heavy (non-hydrogen) atoms. The van der Waals surface area contributed by atoms with E-state index in [0.29, 0.717) is 51.9 Å². The monoisotopic (exact) mass is 509 g/mol. The molecule has 5 rings (SSSR count). The first kappa shape index (κ1) is 25.0. The first-order valence-electron chi connectivity index (χ1n) is 12.0. The Morgan fingerprint density at radius 2 is 1.89 bits per heavy atom. The van der Waals surface area contributed by atoms with Crippen LogP contribution in [-0.2, 0) is 16.0 Å². The number of alkyl halides is 2. The maximum atomic E-state index is 15.4. The van der Waals surface area contributed by atoms with Crippen LogP contribution in [0, 0.1) is 12.7 Å². The highest BCUT2D eigenvalue weighted by Crippen LogP contribution is 2.46. The number of carboxylic acids is 1. The molecule has 0 amide bonds. The SMILES string of the molecule is Cc1cc2c(F)c(C(F)F)ccc2c(-c2ccc3c4c(ccnc24)CCO3)c1C(OC(C)(C)C)C(=O)O. The van der Waals surface area contributed by atoms with Gasteiger partial charge in [-0.15, -0.1) is 0 Å². The van der Waals surface area contributed by atoms with E-state index in [0.717, 1.165) is 17.0 Å². The van der Waals surface area contributed by atoms with Gasteiger partial charge in [-0.1, -0.05) is 6.07 Å². The van der Waals surface area contributed by atoms with Crippen LogP contribution in [0.25, 0.3) is 32.8 Å². The van der Waals surface area contributed by atoms with Gasteiger partial charge in [-0.05, 0) is 80.1 Å². The quantitative estimate of drug-likeness (QED) is 0.305. The third-order valence-corrected chi connectivity index (χ3v) is 6.57. The maximum absolute atomic E-state index is 15.4. The molecule has 1 aliphatic heterocycles. The fraction of sp³-hybridized carbons (Fsp3) is 0.310. The van der Waals surface area contributed by atoms with Gasteiger partial charge in [0.15, 0.2) is 6.10 Å². The lowest BCUT2D eigenvalue weighted by Crippen LogP contribution is -2.28. The maximum Gasteiger partial charge on any atom is 0.337 e. The van der Waals surface area contributed by atoms with Gasteiger partial charge in [0.25, 0.3) is 6.43 Å². The van der Waals surface area contributed by atoms with Gasteiger partial charge >= 0.3 is 5.97 Å². The molecule has 0 fully saturated rings. The van der Waals surface area contributed by atoms with Crippen molar-refractivity contribution in [3.8, 4) is 16.9 Å². The number of rotatable bonds is 5. The Labute approximate surface area is 211 Å². The first-order chi connectivity index (χ1) is 17.5. The van der Waals surface area contributed by atoms with Crippen molar-refractivity contribution in [3.63, 3.8) is 0 Å². The number of carbonyl (C=O) groups is 1. The van der Waals surface area contributed by atoms with Gasteiger partial charge < -0.3 is 14.6 Å². The topological polar surface area (TPSA) is 68.7 Å². The van der Waals surface area contributed by atoms with Crippen molar-refractivity contribution >= 4 is 27.6 Å². The summed E-state index contributed by atoms with van der Waals surface area (Å²) in [4.78, 5) is 17.2. The molecule has 1 aliphatic rings. The largest absolute Gasteiger partial charge is 0.493 e. The van der Waals surface area contributed by atoms with E-state index in [-0.39, 0.29) is 5.39 Å². The van der Waals surface area contributed by atoms with Crippen LogP contribution >= 0.6 is 0 Å². The summed E-state index contributed by atoms with van der Waals surface area (Å²) in [5.41, 5.74) is 1.70. The minimum atomic E-state index is -3.00. The summed E-state index contributed by atoms with van der Waals surface area (Å²) in [6.45, 7) is 7.39. The van der Waals surface area contributed by atoms with Gasteiger partial charge in [0.2, 0.25) is 0 Å². The zero-order valence-electron chi connectivity index (χ0n) is 20.9. The minimum Gasteiger partial charge on any atom is -0.493 e. The lowest BCUT2D eigenvalue weighted by atomic mass is 9.85. The second-order valence-corrected chi connectivity index (χ2v) is 10.2. The number of benzene rings is 3. The molecule has 3 aromatic carbocycles. The van der Waals surface area contributed by atoms with Crippen LogP contribution < -0.4 is 4.74 Å². The molecule has 0 saturated carbocycles. The van der Waals surface area contributed by atoms with Crippen LogP contribution in [-0.4, -0.2) is 28.3 Å². The summed E-state index contributed by atoms with van der Waals surface area (Å²) in [5.74, 6) is -1.60. The van der Waals surface area contributed by atoms with Crippen LogP contribution in [0.1, 0.15) is 55.6 Å². The zero-order chi connectivity index (χ0) is 26.6.